The SMILES string of the molecule is CNC(=O)CCN=C1NC(C)(C)CS1. The van der Waals surface area contributed by atoms with E-state index in [-0.39, 0.29) is 11.4 Å². The average Bonchev–Trinajstić information content (AvgIpc) is 2.45. The molecule has 0 bridgehead atoms. The van der Waals surface area contributed by atoms with E-state index >= 15 is 0 Å². The van der Waals surface area contributed by atoms with Gasteiger partial charge >= 0.3 is 0 Å². The van der Waals surface area contributed by atoms with E-state index in [1.165, 1.54) is 0 Å². The first-order valence-corrected chi connectivity index (χ1v) is 5.68. The zero-order chi connectivity index (χ0) is 10.6. The van der Waals surface area contributed by atoms with Crippen LogP contribution in [0, 0.1) is 0 Å². The Labute approximate surface area is 88.9 Å². The second kappa shape index (κ2) is 4.68. The van der Waals surface area contributed by atoms with Crippen LogP contribution in [0.1, 0.15) is 20.3 Å². The molecule has 1 amide bonds. The van der Waals surface area contributed by atoms with Crippen LogP contribution in [0.2, 0.25) is 0 Å². The van der Waals surface area contributed by atoms with Crippen molar-refractivity contribution in [3.05, 3.63) is 0 Å². The molecule has 0 aromatic heterocycles. The summed E-state index contributed by atoms with van der Waals surface area (Å²) >= 11 is 1.72. The van der Waals surface area contributed by atoms with E-state index < -0.39 is 0 Å². The summed E-state index contributed by atoms with van der Waals surface area (Å²) in [5.74, 6) is 1.07. The number of carbonyl (C=O) groups excluding carboxylic acids is 1. The molecule has 0 aliphatic carbocycles. The van der Waals surface area contributed by atoms with Gasteiger partial charge in [-0.2, -0.15) is 0 Å². The standard InChI is InChI=1S/C9H17N3OS/c1-9(2)6-14-8(12-9)11-5-4-7(13)10-3/h4-6H2,1-3H3,(H,10,13)(H,11,12). The van der Waals surface area contributed by atoms with E-state index in [1.807, 2.05) is 0 Å². The third-order valence-electron chi connectivity index (χ3n) is 1.89. The van der Waals surface area contributed by atoms with Crippen LogP contribution in [0.15, 0.2) is 4.99 Å². The third-order valence-corrected chi connectivity index (χ3v) is 3.26. The number of amidine groups is 1. The zero-order valence-corrected chi connectivity index (χ0v) is 9.70. The molecule has 1 heterocycles. The average molecular weight is 215 g/mol. The van der Waals surface area contributed by atoms with Crippen molar-refractivity contribution in [1.29, 1.82) is 0 Å². The molecule has 0 spiro atoms. The second-order valence-electron chi connectivity index (χ2n) is 3.91. The molecule has 0 radical (unpaired) electrons. The van der Waals surface area contributed by atoms with E-state index in [4.69, 9.17) is 0 Å². The van der Waals surface area contributed by atoms with Crippen LogP contribution in [0.25, 0.3) is 0 Å². The summed E-state index contributed by atoms with van der Waals surface area (Å²) in [5, 5.41) is 6.83. The lowest BCUT2D eigenvalue weighted by atomic mass is 10.1. The monoisotopic (exact) mass is 215 g/mol. The van der Waals surface area contributed by atoms with Gasteiger partial charge in [-0.05, 0) is 13.8 Å². The largest absolute Gasteiger partial charge is 0.359 e. The van der Waals surface area contributed by atoms with Gasteiger partial charge in [0.1, 0.15) is 0 Å². The number of nitrogens with zero attached hydrogens (tertiary/aromatic N) is 1. The molecule has 0 atom stereocenters. The Balaban J connectivity index is 2.30. The summed E-state index contributed by atoms with van der Waals surface area (Å²) in [7, 11) is 1.64. The fraction of sp³-hybridized carbons (Fsp3) is 0.778. The number of thioether (sulfide) groups is 1. The molecule has 4 nitrogen and oxygen atoms in total. The van der Waals surface area contributed by atoms with Gasteiger partial charge in [0.15, 0.2) is 5.17 Å². The molecule has 0 aromatic carbocycles. The molecule has 14 heavy (non-hydrogen) atoms. The number of nitrogens with one attached hydrogen (secondary N) is 2. The molecule has 0 aromatic rings. The maximum atomic E-state index is 10.9. The minimum absolute atomic E-state index is 0.0385. The van der Waals surface area contributed by atoms with Crippen LogP contribution < -0.4 is 10.6 Å². The Hall–Kier alpha value is -0.710. The van der Waals surface area contributed by atoms with Crippen molar-refractivity contribution in [2.24, 2.45) is 4.99 Å². The first-order chi connectivity index (χ1) is 6.53. The van der Waals surface area contributed by atoms with Gasteiger partial charge in [-0.1, -0.05) is 11.8 Å². The van der Waals surface area contributed by atoms with Crippen molar-refractivity contribution in [2.45, 2.75) is 25.8 Å². The number of hydrogen-bond acceptors (Lipinski definition) is 3. The molecule has 1 saturated heterocycles. The van der Waals surface area contributed by atoms with Crippen LogP contribution in [0.3, 0.4) is 0 Å². The minimum atomic E-state index is 0.0385. The van der Waals surface area contributed by atoms with E-state index in [0.717, 1.165) is 10.9 Å². The van der Waals surface area contributed by atoms with Crippen LogP contribution >= 0.6 is 11.8 Å². The molecule has 1 rings (SSSR count). The summed E-state index contributed by atoms with van der Waals surface area (Å²) in [6.07, 6.45) is 0.461. The van der Waals surface area contributed by atoms with Gasteiger partial charge in [-0.15, -0.1) is 0 Å². The lowest BCUT2D eigenvalue weighted by Crippen LogP contribution is -2.37. The van der Waals surface area contributed by atoms with Crippen LogP contribution in [-0.2, 0) is 4.79 Å². The summed E-state index contributed by atoms with van der Waals surface area (Å²) in [6, 6.07) is 0. The Morgan fingerprint density at radius 2 is 2.43 bits per heavy atom. The molecule has 0 unspecified atom stereocenters. The summed E-state index contributed by atoms with van der Waals surface area (Å²) in [4.78, 5) is 15.2. The molecular weight excluding hydrogens is 198 g/mol. The van der Waals surface area contributed by atoms with Gasteiger partial charge in [0, 0.05) is 24.8 Å². The highest BCUT2D eigenvalue weighted by Crippen LogP contribution is 2.21. The number of aliphatic imine (C=N–C) groups is 1. The topological polar surface area (TPSA) is 53.5 Å². The van der Waals surface area contributed by atoms with Crippen LogP contribution in [0.5, 0.6) is 0 Å². The van der Waals surface area contributed by atoms with E-state index in [1.54, 1.807) is 18.8 Å². The first-order valence-electron chi connectivity index (χ1n) is 4.69. The molecular formula is C9H17N3OS. The van der Waals surface area contributed by atoms with Gasteiger partial charge in [-0.25, -0.2) is 0 Å². The van der Waals surface area contributed by atoms with Crippen molar-refractivity contribution in [3.8, 4) is 0 Å². The molecule has 80 valence electrons. The van der Waals surface area contributed by atoms with Gasteiger partial charge in [0.2, 0.25) is 5.91 Å². The van der Waals surface area contributed by atoms with Crippen LogP contribution in [0.4, 0.5) is 0 Å². The maximum absolute atomic E-state index is 10.9. The predicted molar refractivity (Wildman–Crippen MR) is 60.7 cm³/mol. The zero-order valence-electron chi connectivity index (χ0n) is 8.89. The van der Waals surface area contributed by atoms with Crippen LogP contribution in [-0.4, -0.2) is 36.0 Å². The highest BCUT2D eigenvalue weighted by atomic mass is 32.2. The summed E-state index contributed by atoms with van der Waals surface area (Å²) in [6.45, 7) is 4.84. The molecule has 2 N–H and O–H groups in total. The van der Waals surface area contributed by atoms with Crippen molar-refractivity contribution in [3.63, 3.8) is 0 Å². The molecule has 1 aliphatic rings. The van der Waals surface area contributed by atoms with Crippen molar-refractivity contribution >= 4 is 22.8 Å². The van der Waals surface area contributed by atoms with Crippen molar-refractivity contribution in [1.82, 2.24) is 10.6 Å². The van der Waals surface area contributed by atoms with E-state index in [9.17, 15) is 4.79 Å². The van der Waals surface area contributed by atoms with E-state index in [2.05, 4.69) is 29.5 Å². The van der Waals surface area contributed by atoms with Gasteiger partial charge in [-0.3, -0.25) is 9.79 Å². The lowest BCUT2D eigenvalue weighted by molar-refractivity contribution is -0.120. The Morgan fingerprint density at radius 1 is 1.71 bits per heavy atom. The fourth-order valence-electron chi connectivity index (χ4n) is 1.08. The Kier molecular flexibility index (Phi) is 3.80. The van der Waals surface area contributed by atoms with E-state index in [0.29, 0.717) is 13.0 Å². The number of carbonyl (C=O) groups is 1. The first kappa shape index (κ1) is 11.4. The number of hydrogen-bond donors (Lipinski definition) is 2. The molecule has 1 fully saturated rings. The normalized spacial score (nSPS) is 22.1. The predicted octanol–water partition coefficient (Wildman–Crippen LogP) is 0.593. The van der Waals surface area contributed by atoms with Gasteiger partial charge in [0.05, 0.1) is 6.54 Å². The highest BCUT2D eigenvalue weighted by molar-refractivity contribution is 8.14. The third kappa shape index (κ3) is 3.57. The molecule has 1 aliphatic heterocycles. The van der Waals surface area contributed by atoms with Crippen molar-refractivity contribution < 1.29 is 4.79 Å². The highest BCUT2D eigenvalue weighted by Gasteiger charge is 2.26. The number of amides is 1. The fourth-order valence-corrected chi connectivity index (χ4v) is 2.18. The van der Waals surface area contributed by atoms with Gasteiger partial charge < -0.3 is 10.6 Å². The minimum Gasteiger partial charge on any atom is -0.359 e. The Morgan fingerprint density at radius 3 is 2.93 bits per heavy atom. The van der Waals surface area contributed by atoms with Crippen molar-refractivity contribution in [2.75, 3.05) is 19.3 Å². The maximum Gasteiger partial charge on any atom is 0.221 e. The Bertz CT molecular complexity index is 250. The molecule has 5 heteroatoms. The second-order valence-corrected chi connectivity index (χ2v) is 4.87. The summed E-state index contributed by atoms with van der Waals surface area (Å²) in [5.41, 5.74) is 0.135. The number of rotatable bonds is 3. The van der Waals surface area contributed by atoms with Gasteiger partial charge in [0.25, 0.3) is 0 Å². The lowest BCUT2D eigenvalue weighted by Gasteiger charge is -2.15. The smallest absolute Gasteiger partial charge is 0.221 e. The summed E-state index contributed by atoms with van der Waals surface area (Å²) < 4.78 is 0. The quantitative estimate of drug-likeness (QED) is 0.724. The molecule has 0 saturated carbocycles.